The van der Waals surface area contributed by atoms with Crippen molar-refractivity contribution in [1.29, 1.82) is 0 Å². The van der Waals surface area contributed by atoms with Crippen LogP contribution in [0.4, 0.5) is 14.5 Å². The second-order valence-electron chi connectivity index (χ2n) is 3.98. The molecule has 1 aromatic carbocycles. The molecule has 7 heteroatoms. The Morgan fingerprint density at radius 2 is 2.26 bits per heavy atom. The van der Waals surface area contributed by atoms with E-state index in [4.69, 9.17) is 4.74 Å². The van der Waals surface area contributed by atoms with E-state index in [9.17, 15) is 13.6 Å². The number of amides is 1. The van der Waals surface area contributed by atoms with Gasteiger partial charge in [-0.15, -0.1) is 12.4 Å². The molecule has 2 rings (SSSR count). The number of anilines is 1. The minimum atomic E-state index is -2.55. The molecule has 106 valence electrons. The monoisotopic (exact) mass is 292 g/mol. The highest BCUT2D eigenvalue weighted by Gasteiger charge is 2.21. The van der Waals surface area contributed by atoms with Crippen LogP contribution in [0.15, 0.2) is 24.3 Å². The second kappa shape index (κ2) is 7.37. The molecule has 1 aliphatic heterocycles. The first-order valence-corrected chi connectivity index (χ1v) is 5.68. The van der Waals surface area contributed by atoms with Gasteiger partial charge in [-0.25, -0.2) is 8.78 Å². The lowest BCUT2D eigenvalue weighted by molar-refractivity contribution is -0.128. The van der Waals surface area contributed by atoms with E-state index in [2.05, 4.69) is 10.6 Å². The van der Waals surface area contributed by atoms with Gasteiger partial charge in [0.25, 0.3) is 12.3 Å². The maximum Gasteiger partial charge on any atom is 0.263 e. The van der Waals surface area contributed by atoms with Gasteiger partial charge in [-0.3, -0.25) is 4.79 Å². The van der Waals surface area contributed by atoms with Crippen LogP contribution < -0.4 is 10.6 Å². The van der Waals surface area contributed by atoms with Crippen molar-refractivity contribution >= 4 is 24.0 Å². The molecule has 1 amide bonds. The van der Waals surface area contributed by atoms with E-state index in [-0.39, 0.29) is 23.9 Å². The Kier molecular flexibility index (Phi) is 6.14. The van der Waals surface area contributed by atoms with Gasteiger partial charge >= 0.3 is 0 Å². The molecule has 1 atom stereocenters. The molecule has 0 aliphatic carbocycles. The number of rotatable bonds is 3. The van der Waals surface area contributed by atoms with Gasteiger partial charge in [-0.2, -0.15) is 0 Å². The highest BCUT2D eigenvalue weighted by Crippen LogP contribution is 2.21. The summed E-state index contributed by atoms with van der Waals surface area (Å²) in [7, 11) is 0. The average molecular weight is 293 g/mol. The van der Waals surface area contributed by atoms with Gasteiger partial charge in [0.2, 0.25) is 0 Å². The van der Waals surface area contributed by atoms with Crippen molar-refractivity contribution in [3.8, 4) is 0 Å². The van der Waals surface area contributed by atoms with E-state index >= 15 is 0 Å². The van der Waals surface area contributed by atoms with Crippen molar-refractivity contribution in [2.75, 3.05) is 25.0 Å². The first-order chi connectivity index (χ1) is 8.66. The van der Waals surface area contributed by atoms with Gasteiger partial charge < -0.3 is 15.4 Å². The highest BCUT2D eigenvalue weighted by molar-refractivity contribution is 5.94. The van der Waals surface area contributed by atoms with Gasteiger partial charge in [0.15, 0.2) is 0 Å². The Labute approximate surface area is 115 Å². The van der Waals surface area contributed by atoms with E-state index in [0.717, 1.165) is 0 Å². The summed E-state index contributed by atoms with van der Waals surface area (Å²) in [5.74, 6) is -0.325. The van der Waals surface area contributed by atoms with E-state index in [1.54, 1.807) is 6.07 Å². The molecule has 1 aromatic rings. The standard InChI is InChI=1S/C12H14F2N2O2.ClH/c13-11(14)8-2-1-3-9(6-8)16-12(17)10-7-15-4-5-18-10;/h1-3,6,10-11,15H,4-5,7H2,(H,16,17);1H. The van der Waals surface area contributed by atoms with E-state index < -0.39 is 12.5 Å². The minimum Gasteiger partial charge on any atom is -0.366 e. The molecule has 0 bridgehead atoms. The lowest BCUT2D eigenvalue weighted by atomic mass is 10.2. The van der Waals surface area contributed by atoms with Crippen LogP contribution in [-0.2, 0) is 9.53 Å². The van der Waals surface area contributed by atoms with Crippen LogP contribution in [0.5, 0.6) is 0 Å². The van der Waals surface area contributed by atoms with Crippen molar-refractivity contribution in [1.82, 2.24) is 5.32 Å². The molecule has 1 saturated heterocycles. The third-order valence-corrected chi connectivity index (χ3v) is 2.63. The Morgan fingerprint density at radius 3 is 2.89 bits per heavy atom. The maximum absolute atomic E-state index is 12.5. The minimum absolute atomic E-state index is 0. The maximum atomic E-state index is 12.5. The summed E-state index contributed by atoms with van der Waals surface area (Å²) in [6.07, 6.45) is -3.12. The zero-order valence-electron chi connectivity index (χ0n) is 10.1. The Morgan fingerprint density at radius 1 is 1.47 bits per heavy atom. The lowest BCUT2D eigenvalue weighted by Gasteiger charge is -2.22. The molecule has 1 aliphatic rings. The fraction of sp³-hybridized carbons (Fsp3) is 0.417. The molecular weight excluding hydrogens is 278 g/mol. The first kappa shape index (κ1) is 15.8. The summed E-state index contributed by atoms with van der Waals surface area (Å²) >= 11 is 0. The van der Waals surface area contributed by atoms with Crippen molar-refractivity contribution in [3.05, 3.63) is 29.8 Å². The normalized spacial score (nSPS) is 18.8. The van der Waals surface area contributed by atoms with Crippen molar-refractivity contribution in [2.24, 2.45) is 0 Å². The zero-order chi connectivity index (χ0) is 13.0. The molecule has 0 aromatic heterocycles. The molecule has 19 heavy (non-hydrogen) atoms. The van der Waals surface area contributed by atoms with Gasteiger partial charge in [0.1, 0.15) is 6.10 Å². The van der Waals surface area contributed by atoms with Crippen LogP contribution in [0.25, 0.3) is 0 Å². The van der Waals surface area contributed by atoms with Crippen LogP contribution >= 0.6 is 12.4 Å². The number of halogens is 3. The van der Waals surface area contributed by atoms with Crippen LogP contribution in [0.3, 0.4) is 0 Å². The number of carbonyl (C=O) groups excluding carboxylic acids is 1. The molecule has 0 spiro atoms. The Bertz CT molecular complexity index is 426. The number of alkyl halides is 2. The summed E-state index contributed by atoms with van der Waals surface area (Å²) in [5, 5.41) is 5.59. The predicted molar refractivity (Wildman–Crippen MR) is 69.9 cm³/mol. The highest BCUT2D eigenvalue weighted by atomic mass is 35.5. The van der Waals surface area contributed by atoms with Crippen molar-refractivity contribution in [2.45, 2.75) is 12.5 Å². The zero-order valence-corrected chi connectivity index (χ0v) is 10.9. The smallest absolute Gasteiger partial charge is 0.263 e. The largest absolute Gasteiger partial charge is 0.366 e. The third-order valence-electron chi connectivity index (χ3n) is 2.63. The van der Waals surface area contributed by atoms with Crippen LogP contribution in [-0.4, -0.2) is 31.7 Å². The van der Waals surface area contributed by atoms with Crippen LogP contribution in [0, 0.1) is 0 Å². The van der Waals surface area contributed by atoms with Gasteiger partial charge in [-0.1, -0.05) is 12.1 Å². The average Bonchev–Trinajstić information content (AvgIpc) is 2.40. The van der Waals surface area contributed by atoms with Crippen LogP contribution in [0.1, 0.15) is 12.0 Å². The summed E-state index contributed by atoms with van der Waals surface area (Å²) < 4.78 is 30.3. The SMILES string of the molecule is Cl.O=C(Nc1cccc(C(F)F)c1)C1CNCCO1. The number of hydrogen-bond donors (Lipinski definition) is 2. The number of benzene rings is 1. The summed E-state index contributed by atoms with van der Waals surface area (Å²) in [4.78, 5) is 11.8. The second-order valence-corrected chi connectivity index (χ2v) is 3.98. The third kappa shape index (κ3) is 4.41. The molecule has 1 unspecified atom stereocenters. The number of nitrogens with one attached hydrogen (secondary N) is 2. The molecule has 0 radical (unpaired) electrons. The topological polar surface area (TPSA) is 50.4 Å². The van der Waals surface area contributed by atoms with Gasteiger partial charge in [0, 0.05) is 24.3 Å². The number of carbonyl (C=O) groups is 1. The van der Waals surface area contributed by atoms with E-state index in [1.165, 1.54) is 18.2 Å². The van der Waals surface area contributed by atoms with Gasteiger partial charge in [0.05, 0.1) is 6.61 Å². The lowest BCUT2D eigenvalue weighted by Crippen LogP contribution is -2.45. The fourth-order valence-corrected chi connectivity index (χ4v) is 1.71. The number of morpholine rings is 1. The summed E-state index contributed by atoms with van der Waals surface area (Å²) in [5.41, 5.74) is 0.238. The van der Waals surface area contributed by atoms with Gasteiger partial charge in [-0.05, 0) is 12.1 Å². The molecule has 0 saturated carbocycles. The Balaban J connectivity index is 0.00000180. The Hall–Kier alpha value is -1.24. The molecule has 1 fully saturated rings. The first-order valence-electron chi connectivity index (χ1n) is 5.68. The van der Waals surface area contributed by atoms with Crippen LogP contribution in [0.2, 0.25) is 0 Å². The molecule has 1 heterocycles. The molecule has 4 nitrogen and oxygen atoms in total. The number of ether oxygens (including phenoxy) is 1. The van der Waals surface area contributed by atoms with E-state index in [1.807, 2.05) is 0 Å². The van der Waals surface area contributed by atoms with Crippen molar-refractivity contribution < 1.29 is 18.3 Å². The molecular formula is C12H15ClF2N2O2. The number of hydrogen-bond acceptors (Lipinski definition) is 3. The van der Waals surface area contributed by atoms with Crippen molar-refractivity contribution in [3.63, 3.8) is 0 Å². The predicted octanol–water partition coefficient (Wildman–Crippen LogP) is 1.97. The summed E-state index contributed by atoms with van der Waals surface area (Å²) in [6.45, 7) is 1.61. The quantitative estimate of drug-likeness (QED) is 0.895. The fourth-order valence-electron chi connectivity index (χ4n) is 1.71. The summed E-state index contributed by atoms with van der Waals surface area (Å²) in [6, 6.07) is 5.63. The van der Waals surface area contributed by atoms with E-state index in [0.29, 0.717) is 25.4 Å². The molecule has 2 N–H and O–H groups in total.